The maximum atomic E-state index is 12.0. The number of nitrogens with one attached hydrogen (secondary N) is 4. The van der Waals surface area contributed by atoms with Crippen molar-refractivity contribution in [3.8, 4) is 0 Å². The second-order valence-electron chi connectivity index (χ2n) is 6.55. The first kappa shape index (κ1) is 26.4. The van der Waals surface area contributed by atoms with Crippen LogP contribution in [0.1, 0.15) is 31.9 Å². The molecule has 1 unspecified atom stereocenters. The van der Waals surface area contributed by atoms with Gasteiger partial charge in [-0.1, -0.05) is 30.3 Å². The van der Waals surface area contributed by atoms with Gasteiger partial charge in [0.05, 0.1) is 12.6 Å². The van der Waals surface area contributed by atoms with E-state index < -0.39 is 48.5 Å². The molecule has 4 amide bonds. The number of ether oxygens (including phenoxy) is 1. The highest BCUT2D eigenvalue weighted by Crippen LogP contribution is 2.16. The van der Waals surface area contributed by atoms with Gasteiger partial charge in [0.2, 0.25) is 11.8 Å². The molecule has 4 N–H and O–H groups in total. The van der Waals surface area contributed by atoms with Crippen molar-refractivity contribution >= 4 is 29.8 Å². The maximum Gasteiger partial charge on any atom is 0.491 e. The van der Waals surface area contributed by atoms with Gasteiger partial charge in [-0.05, 0) is 19.4 Å². The zero-order valence-electron chi connectivity index (χ0n) is 17.2. The van der Waals surface area contributed by atoms with Crippen molar-refractivity contribution in [1.82, 2.24) is 21.3 Å². The Balaban J connectivity index is 2.25. The van der Waals surface area contributed by atoms with Crippen LogP contribution in [0.3, 0.4) is 0 Å². The molecule has 0 aliphatic carbocycles. The van der Waals surface area contributed by atoms with Gasteiger partial charge in [-0.2, -0.15) is 13.2 Å². The summed E-state index contributed by atoms with van der Waals surface area (Å²) in [5.41, 5.74) is 0.896. The van der Waals surface area contributed by atoms with E-state index in [0.717, 1.165) is 12.5 Å². The third-order valence-electron chi connectivity index (χ3n) is 3.89. The Kier molecular flexibility index (Phi) is 10.1. The van der Waals surface area contributed by atoms with Gasteiger partial charge in [0, 0.05) is 13.0 Å². The first-order valence-corrected chi connectivity index (χ1v) is 9.38. The molecule has 0 aromatic heterocycles. The number of carbonyl (C=O) groups is 5. The van der Waals surface area contributed by atoms with E-state index in [1.165, 1.54) is 0 Å². The number of hydrogen-bond donors (Lipinski definition) is 4. The van der Waals surface area contributed by atoms with Crippen LogP contribution in [0.4, 0.5) is 18.0 Å². The zero-order valence-corrected chi connectivity index (χ0v) is 17.2. The van der Waals surface area contributed by atoms with E-state index in [-0.39, 0.29) is 19.0 Å². The molecule has 2 atom stereocenters. The lowest BCUT2D eigenvalue weighted by Gasteiger charge is -2.15. The van der Waals surface area contributed by atoms with Crippen LogP contribution in [0.2, 0.25) is 0 Å². The average Bonchev–Trinajstić information content (AvgIpc) is 2.72. The van der Waals surface area contributed by atoms with Crippen molar-refractivity contribution in [2.45, 2.75) is 38.5 Å². The zero-order chi connectivity index (χ0) is 24.3. The number of carbonyl (C=O) groups excluding carboxylic acids is 5. The van der Waals surface area contributed by atoms with E-state index in [4.69, 9.17) is 0 Å². The molecule has 176 valence electrons. The second-order valence-corrected chi connectivity index (χ2v) is 6.55. The van der Waals surface area contributed by atoms with Gasteiger partial charge in [0.1, 0.15) is 6.04 Å². The van der Waals surface area contributed by atoms with Gasteiger partial charge < -0.3 is 26.0 Å². The highest BCUT2D eigenvalue weighted by Gasteiger charge is 2.43. The van der Waals surface area contributed by atoms with E-state index >= 15 is 0 Å². The SMILES string of the molecule is CC(NC(=O)CNC(=O)CCNC(=O)N[C@@H](C)c1ccccc1)C(=O)OC(=O)C(F)(F)F. The van der Waals surface area contributed by atoms with E-state index in [1.54, 1.807) is 6.92 Å². The van der Waals surface area contributed by atoms with Gasteiger partial charge in [0.25, 0.3) is 0 Å². The quantitative estimate of drug-likeness (QED) is 0.316. The molecule has 0 saturated heterocycles. The van der Waals surface area contributed by atoms with Crippen molar-refractivity contribution < 1.29 is 41.9 Å². The minimum absolute atomic E-state index is 0.0247. The van der Waals surface area contributed by atoms with Gasteiger partial charge in [0.15, 0.2) is 0 Å². The van der Waals surface area contributed by atoms with Crippen LogP contribution < -0.4 is 21.3 Å². The maximum absolute atomic E-state index is 12.0. The number of esters is 2. The van der Waals surface area contributed by atoms with Gasteiger partial charge in [-0.3, -0.25) is 9.59 Å². The summed E-state index contributed by atoms with van der Waals surface area (Å²) in [5, 5.41) is 9.36. The lowest BCUT2D eigenvalue weighted by atomic mass is 10.1. The van der Waals surface area contributed by atoms with Crippen molar-refractivity contribution in [1.29, 1.82) is 0 Å². The summed E-state index contributed by atoms with van der Waals surface area (Å²) in [6.07, 6.45) is -5.50. The minimum atomic E-state index is -5.35. The molecule has 0 saturated carbocycles. The minimum Gasteiger partial charge on any atom is -0.385 e. The summed E-state index contributed by atoms with van der Waals surface area (Å²) in [7, 11) is 0. The van der Waals surface area contributed by atoms with Crippen LogP contribution in [-0.4, -0.2) is 55.1 Å². The lowest BCUT2D eigenvalue weighted by Crippen LogP contribution is -2.46. The topological polar surface area (TPSA) is 143 Å². The summed E-state index contributed by atoms with van der Waals surface area (Å²) in [5.74, 6) is -5.80. The van der Waals surface area contributed by atoms with E-state index in [2.05, 4.69) is 20.7 Å². The second kappa shape index (κ2) is 12.3. The molecule has 13 heteroatoms. The molecule has 0 spiro atoms. The molecule has 32 heavy (non-hydrogen) atoms. The Morgan fingerprint density at radius 1 is 0.938 bits per heavy atom. The monoisotopic (exact) mass is 460 g/mol. The molecular formula is C19H23F3N4O6. The number of rotatable bonds is 9. The largest absolute Gasteiger partial charge is 0.491 e. The normalized spacial score (nSPS) is 12.7. The number of halogens is 3. The molecular weight excluding hydrogens is 437 g/mol. The fourth-order valence-corrected chi connectivity index (χ4v) is 2.22. The highest BCUT2D eigenvalue weighted by molar-refractivity contribution is 5.93. The Morgan fingerprint density at radius 3 is 2.16 bits per heavy atom. The molecule has 1 aromatic carbocycles. The van der Waals surface area contributed by atoms with Crippen LogP contribution in [0.15, 0.2) is 30.3 Å². The fourth-order valence-electron chi connectivity index (χ4n) is 2.22. The Hall–Kier alpha value is -3.64. The summed E-state index contributed by atoms with van der Waals surface area (Å²) in [6, 6.07) is 6.89. The van der Waals surface area contributed by atoms with Crippen molar-refractivity contribution in [3.05, 3.63) is 35.9 Å². The third-order valence-corrected chi connectivity index (χ3v) is 3.89. The Labute approximate surface area is 181 Å². The van der Waals surface area contributed by atoms with Crippen LogP contribution in [0, 0.1) is 0 Å². The molecule has 1 rings (SSSR count). The third kappa shape index (κ3) is 9.91. The standard InChI is InChI=1S/C19H23F3N4O6/c1-11(13-6-4-3-5-7-13)26-18(31)23-9-8-14(27)24-10-15(28)25-12(2)16(29)32-17(30)19(20,21)22/h3-7,11-12H,8-10H2,1-2H3,(H,24,27)(H,25,28)(H2,23,26,31)/t11-,12?/m0/s1. The molecule has 0 bridgehead atoms. The smallest absolute Gasteiger partial charge is 0.385 e. The molecule has 0 heterocycles. The molecule has 0 fully saturated rings. The molecule has 0 radical (unpaired) electrons. The fraction of sp³-hybridized carbons (Fsp3) is 0.421. The summed E-state index contributed by atoms with van der Waals surface area (Å²) >= 11 is 0. The van der Waals surface area contributed by atoms with Gasteiger partial charge in [-0.25, -0.2) is 14.4 Å². The van der Waals surface area contributed by atoms with Crippen LogP contribution in [0.25, 0.3) is 0 Å². The van der Waals surface area contributed by atoms with Crippen molar-refractivity contribution in [2.24, 2.45) is 0 Å². The average molecular weight is 460 g/mol. The molecule has 1 aromatic rings. The number of amides is 4. The predicted molar refractivity (Wildman–Crippen MR) is 104 cm³/mol. The van der Waals surface area contributed by atoms with Crippen molar-refractivity contribution in [3.63, 3.8) is 0 Å². The number of urea groups is 1. The van der Waals surface area contributed by atoms with Crippen LogP contribution >= 0.6 is 0 Å². The van der Waals surface area contributed by atoms with Crippen LogP contribution in [0.5, 0.6) is 0 Å². The van der Waals surface area contributed by atoms with E-state index in [1.807, 2.05) is 35.6 Å². The predicted octanol–water partition coefficient (Wildman–Crippen LogP) is 0.690. The van der Waals surface area contributed by atoms with Gasteiger partial charge >= 0.3 is 24.1 Å². The number of benzene rings is 1. The van der Waals surface area contributed by atoms with E-state index in [9.17, 15) is 37.1 Å². The van der Waals surface area contributed by atoms with Crippen molar-refractivity contribution in [2.75, 3.05) is 13.1 Å². The number of hydrogen-bond acceptors (Lipinski definition) is 6. The first-order valence-electron chi connectivity index (χ1n) is 9.38. The summed E-state index contributed by atoms with van der Waals surface area (Å²) in [6.45, 7) is 2.19. The number of alkyl halides is 3. The summed E-state index contributed by atoms with van der Waals surface area (Å²) in [4.78, 5) is 57.2. The summed E-state index contributed by atoms with van der Waals surface area (Å²) < 4.78 is 39.7. The van der Waals surface area contributed by atoms with Crippen LogP contribution in [-0.2, 0) is 23.9 Å². The molecule has 10 nitrogen and oxygen atoms in total. The van der Waals surface area contributed by atoms with E-state index in [0.29, 0.717) is 0 Å². The van der Waals surface area contributed by atoms with Gasteiger partial charge in [-0.15, -0.1) is 0 Å². The molecule has 0 aliphatic rings. The highest BCUT2D eigenvalue weighted by atomic mass is 19.4. The Bertz CT molecular complexity index is 832. The lowest BCUT2D eigenvalue weighted by molar-refractivity contribution is -0.202. The Morgan fingerprint density at radius 2 is 1.56 bits per heavy atom. The molecule has 0 aliphatic heterocycles. The first-order chi connectivity index (χ1) is 14.9.